The van der Waals surface area contributed by atoms with E-state index in [1.807, 2.05) is 0 Å². The number of aliphatic carboxylic acids is 1. The van der Waals surface area contributed by atoms with Crippen LogP contribution in [-0.4, -0.2) is 49.3 Å². The van der Waals surface area contributed by atoms with Crippen molar-refractivity contribution in [1.82, 2.24) is 4.90 Å². The molecule has 0 spiro atoms. The summed E-state index contributed by atoms with van der Waals surface area (Å²) in [5, 5.41) is 9.04. The van der Waals surface area contributed by atoms with Crippen LogP contribution < -0.4 is 0 Å². The van der Waals surface area contributed by atoms with Gasteiger partial charge in [0.15, 0.2) is 0 Å². The summed E-state index contributed by atoms with van der Waals surface area (Å²) < 4.78 is 5.37. The Morgan fingerprint density at radius 2 is 1.95 bits per heavy atom. The fraction of sp³-hybridized carbons (Fsp3) is 0.933. The predicted octanol–water partition coefficient (Wildman–Crippen LogP) is 2.63. The topological polar surface area (TPSA) is 49.8 Å². The van der Waals surface area contributed by atoms with E-state index < -0.39 is 11.4 Å². The predicted molar refractivity (Wildman–Crippen MR) is 76.3 cm³/mol. The highest BCUT2D eigenvalue weighted by molar-refractivity contribution is 5.73. The average Bonchev–Trinajstić information content (AvgIpc) is 2.36. The fourth-order valence-electron chi connectivity index (χ4n) is 2.52. The first-order chi connectivity index (χ1) is 8.92. The molecule has 1 N–H and O–H groups in total. The maximum Gasteiger partial charge on any atom is 0.309 e. The molecule has 0 amide bonds. The molecule has 4 heteroatoms. The Balaban J connectivity index is 2.09. The molecule has 19 heavy (non-hydrogen) atoms. The van der Waals surface area contributed by atoms with Crippen LogP contribution in [0.5, 0.6) is 0 Å². The molecule has 0 aromatic heterocycles. The summed E-state index contributed by atoms with van der Waals surface area (Å²) in [4.78, 5) is 13.4. The third kappa shape index (κ3) is 6.39. The van der Waals surface area contributed by atoms with Crippen molar-refractivity contribution in [2.75, 3.05) is 33.4 Å². The van der Waals surface area contributed by atoms with Crippen molar-refractivity contribution in [3.8, 4) is 0 Å². The van der Waals surface area contributed by atoms with Crippen molar-refractivity contribution in [3.05, 3.63) is 0 Å². The molecule has 0 atom stereocenters. The molecule has 0 aromatic carbocycles. The Bertz CT molecular complexity index is 273. The summed E-state index contributed by atoms with van der Waals surface area (Å²) in [5.74, 6) is 0.0808. The number of unbranched alkanes of at least 4 members (excludes halogenated alkanes) is 1. The Morgan fingerprint density at radius 3 is 2.53 bits per heavy atom. The number of carbonyl (C=O) groups is 1. The zero-order valence-electron chi connectivity index (χ0n) is 12.7. The third-order valence-corrected chi connectivity index (χ3v) is 4.08. The number of carboxylic acids is 1. The molecule has 0 bridgehead atoms. The molecule has 1 rings (SSSR count). The summed E-state index contributed by atoms with van der Waals surface area (Å²) in [7, 11) is 2.16. The van der Waals surface area contributed by atoms with Crippen LogP contribution in [0.15, 0.2) is 0 Å². The van der Waals surface area contributed by atoms with Crippen molar-refractivity contribution in [2.24, 2.45) is 11.3 Å². The molecule has 1 heterocycles. The van der Waals surface area contributed by atoms with Gasteiger partial charge in [-0.25, -0.2) is 0 Å². The van der Waals surface area contributed by atoms with Crippen LogP contribution in [0.4, 0.5) is 0 Å². The van der Waals surface area contributed by atoms with Crippen LogP contribution in [0, 0.1) is 11.3 Å². The van der Waals surface area contributed by atoms with Gasteiger partial charge in [-0.1, -0.05) is 6.42 Å². The van der Waals surface area contributed by atoms with E-state index >= 15 is 0 Å². The van der Waals surface area contributed by atoms with E-state index in [1.54, 1.807) is 13.8 Å². The monoisotopic (exact) mass is 271 g/mol. The molecule has 0 aromatic rings. The van der Waals surface area contributed by atoms with Gasteiger partial charge in [-0.05, 0) is 59.0 Å². The summed E-state index contributed by atoms with van der Waals surface area (Å²) in [6, 6.07) is 0. The third-order valence-electron chi connectivity index (χ3n) is 4.08. The van der Waals surface area contributed by atoms with Gasteiger partial charge < -0.3 is 14.7 Å². The Labute approximate surface area is 117 Å². The first-order valence-electron chi connectivity index (χ1n) is 7.41. The van der Waals surface area contributed by atoms with Crippen LogP contribution in [0.1, 0.15) is 46.0 Å². The molecule has 1 aliphatic rings. The van der Waals surface area contributed by atoms with E-state index in [0.29, 0.717) is 0 Å². The second-order valence-electron chi connectivity index (χ2n) is 6.46. The lowest BCUT2D eigenvalue weighted by atomic mass is 9.87. The molecule has 0 radical (unpaired) electrons. The molecule has 0 saturated carbocycles. The second kappa shape index (κ2) is 7.85. The number of nitrogens with zero attached hydrogens (tertiary/aromatic N) is 1. The van der Waals surface area contributed by atoms with E-state index in [9.17, 15) is 4.79 Å². The van der Waals surface area contributed by atoms with Gasteiger partial charge in [0.1, 0.15) is 0 Å². The van der Waals surface area contributed by atoms with E-state index in [2.05, 4.69) is 11.9 Å². The minimum absolute atomic E-state index is 0.584. The van der Waals surface area contributed by atoms with Crippen LogP contribution in [0.3, 0.4) is 0 Å². The lowest BCUT2D eigenvalue weighted by Gasteiger charge is -2.27. The van der Waals surface area contributed by atoms with Crippen LogP contribution >= 0.6 is 0 Å². The zero-order chi connectivity index (χ0) is 14.3. The van der Waals surface area contributed by atoms with Crippen molar-refractivity contribution in [2.45, 2.75) is 46.0 Å². The lowest BCUT2D eigenvalue weighted by Crippen LogP contribution is -2.30. The Hall–Kier alpha value is -0.610. The lowest BCUT2D eigenvalue weighted by molar-refractivity contribution is -0.147. The van der Waals surface area contributed by atoms with Crippen molar-refractivity contribution in [1.29, 1.82) is 0 Å². The molecule has 1 saturated heterocycles. The van der Waals surface area contributed by atoms with Crippen LogP contribution in [0.25, 0.3) is 0 Å². The quantitative estimate of drug-likeness (QED) is 0.689. The minimum Gasteiger partial charge on any atom is -0.481 e. The second-order valence-corrected chi connectivity index (χ2v) is 6.46. The highest BCUT2D eigenvalue weighted by Gasteiger charge is 2.26. The van der Waals surface area contributed by atoms with E-state index in [4.69, 9.17) is 9.84 Å². The molecule has 4 nitrogen and oxygen atoms in total. The Kier molecular flexibility index (Phi) is 6.80. The molecule has 112 valence electrons. The first-order valence-corrected chi connectivity index (χ1v) is 7.41. The largest absolute Gasteiger partial charge is 0.481 e. The van der Waals surface area contributed by atoms with E-state index in [-0.39, 0.29) is 0 Å². The highest BCUT2D eigenvalue weighted by atomic mass is 16.5. The van der Waals surface area contributed by atoms with Gasteiger partial charge in [0, 0.05) is 19.8 Å². The maximum absolute atomic E-state index is 11.0. The van der Waals surface area contributed by atoms with Gasteiger partial charge in [0.2, 0.25) is 0 Å². The number of hydrogen-bond acceptors (Lipinski definition) is 3. The molecule has 0 aliphatic carbocycles. The van der Waals surface area contributed by atoms with E-state index in [0.717, 1.165) is 51.5 Å². The molecular weight excluding hydrogens is 242 g/mol. The van der Waals surface area contributed by atoms with Crippen LogP contribution in [0.2, 0.25) is 0 Å². The zero-order valence-corrected chi connectivity index (χ0v) is 12.7. The number of rotatable bonds is 8. The number of carboxylic acid groups (broad SMARTS) is 1. The summed E-state index contributed by atoms with van der Waals surface area (Å²) in [5.41, 5.74) is -0.584. The van der Waals surface area contributed by atoms with Crippen molar-refractivity contribution < 1.29 is 14.6 Å². The number of hydrogen-bond donors (Lipinski definition) is 1. The summed E-state index contributed by atoms with van der Waals surface area (Å²) >= 11 is 0. The standard InChI is InChI=1S/C15H29NO3/c1-15(2,14(17)18)8-4-5-9-16(3)12-13-6-10-19-11-7-13/h13H,4-12H2,1-3H3,(H,17,18). The van der Waals surface area contributed by atoms with Gasteiger partial charge in [-0.2, -0.15) is 0 Å². The number of ether oxygens (including phenoxy) is 1. The maximum atomic E-state index is 11.0. The Morgan fingerprint density at radius 1 is 1.32 bits per heavy atom. The summed E-state index contributed by atoms with van der Waals surface area (Å²) in [6.07, 6.45) is 5.17. The van der Waals surface area contributed by atoms with Gasteiger partial charge >= 0.3 is 5.97 Å². The van der Waals surface area contributed by atoms with E-state index in [1.165, 1.54) is 12.8 Å². The van der Waals surface area contributed by atoms with Crippen molar-refractivity contribution >= 4 is 5.97 Å². The smallest absolute Gasteiger partial charge is 0.309 e. The van der Waals surface area contributed by atoms with Gasteiger partial charge in [0.25, 0.3) is 0 Å². The fourth-order valence-corrected chi connectivity index (χ4v) is 2.52. The highest BCUT2D eigenvalue weighted by Crippen LogP contribution is 2.23. The first kappa shape index (κ1) is 16.4. The molecular formula is C15H29NO3. The van der Waals surface area contributed by atoms with Gasteiger partial charge in [-0.15, -0.1) is 0 Å². The normalized spacial score (nSPS) is 17.9. The van der Waals surface area contributed by atoms with Gasteiger partial charge in [0.05, 0.1) is 5.41 Å². The van der Waals surface area contributed by atoms with Gasteiger partial charge in [-0.3, -0.25) is 4.79 Å². The molecule has 1 fully saturated rings. The van der Waals surface area contributed by atoms with Crippen molar-refractivity contribution in [3.63, 3.8) is 0 Å². The van der Waals surface area contributed by atoms with Crippen LogP contribution in [-0.2, 0) is 9.53 Å². The minimum atomic E-state index is -0.692. The molecule has 0 unspecified atom stereocenters. The molecule has 1 aliphatic heterocycles. The average molecular weight is 271 g/mol. The SMILES string of the molecule is CN(CCCCC(C)(C)C(=O)O)CC1CCOCC1. The summed E-state index contributed by atoms with van der Waals surface area (Å²) in [6.45, 7) is 7.64.